The SMILES string of the molecule is COc1ccc(Sc2cc(Cl)nc(N)n2)cc1. The molecule has 1 aromatic carbocycles. The minimum absolute atomic E-state index is 0.175. The average molecular weight is 268 g/mol. The second-order valence-corrected chi connectivity index (χ2v) is 4.65. The Labute approximate surface area is 108 Å². The Morgan fingerprint density at radius 1 is 1.24 bits per heavy atom. The molecule has 2 rings (SSSR count). The molecule has 0 aliphatic heterocycles. The van der Waals surface area contributed by atoms with Crippen molar-refractivity contribution < 1.29 is 4.74 Å². The van der Waals surface area contributed by atoms with Crippen LogP contribution in [0.5, 0.6) is 5.75 Å². The van der Waals surface area contributed by atoms with E-state index in [-0.39, 0.29) is 5.95 Å². The summed E-state index contributed by atoms with van der Waals surface area (Å²) in [5.74, 6) is 0.989. The highest BCUT2D eigenvalue weighted by molar-refractivity contribution is 7.99. The Morgan fingerprint density at radius 2 is 1.94 bits per heavy atom. The Morgan fingerprint density at radius 3 is 2.53 bits per heavy atom. The number of methoxy groups -OCH3 is 1. The van der Waals surface area contributed by atoms with Crippen molar-refractivity contribution in [3.8, 4) is 5.75 Å². The molecule has 0 bridgehead atoms. The zero-order chi connectivity index (χ0) is 12.3. The first-order valence-electron chi connectivity index (χ1n) is 4.79. The van der Waals surface area contributed by atoms with Gasteiger partial charge in [0.25, 0.3) is 0 Å². The van der Waals surface area contributed by atoms with E-state index in [9.17, 15) is 0 Å². The summed E-state index contributed by atoms with van der Waals surface area (Å²) < 4.78 is 5.08. The maximum atomic E-state index is 5.80. The van der Waals surface area contributed by atoms with Gasteiger partial charge in [-0.1, -0.05) is 23.4 Å². The number of hydrogen-bond donors (Lipinski definition) is 1. The molecule has 0 radical (unpaired) electrons. The molecule has 4 nitrogen and oxygen atoms in total. The van der Waals surface area contributed by atoms with Crippen LogP contribution in [0.3, 0.4) is 0 Å². The molecule has 0 unspecified atom stereocenters. The van der Waals surface area contributed by atoms with Gasteiger partial charge in [-0.05, 0) is 24.3 Å². The molecule has 0 saturated carbocycles. The number of halogens is 1. The van der Waals surface area contributed by atoms with E-state index >= 15 is 0 Å². The van der Waals surface area contributed by atoms with Crippen LogP contribution in [0.4, 0.5) is 5.95 Å². The van der Waals surface area contributed by atoms with Crippen molar-refractivity contribution in [3.63, 3.8) is 0 Å². The van der Waals surface area contributed by atoms with Gasteiger partial charge in [-0.15, -0.1) is 0 Å². The highest BCUT2D eigenvalue weighted by Gasteiger charge is 2.03. The highest BCUT2D eigenvalue weighted by Crippen LogP contribution is 2.28. The Balaban J connectivity index is 2.19. The van der Waals surface area contributed by atoms with Crippen LogP contribution in [-0.4, -0.2) is 17.1 Å². The predicted molar refractivity (Wildman–Crippen MR) is 68.6 cm³/mol. The number of anilines is 1. The molecule has 17 heavy (non-hydrogen) atoms. The largest absolute Gasteiger partial charge is 0.497 e. The predicted octanol–water partition coefficient (Wildman–Crippen LogP) is 2.87. The number of nitrogen functional groups attached to an aromatic ring is 1. The molecule has 2 N–H and O–H groups in total. The fraction of sp³-hybridized carbons (Fsp3) is 0.0909. The molecule has 0 spiro atoms. The minimum Gasteiger partial charge on any atom is -0.497 e. The number of nitrogens with two attached hydrogens (primary N) is 1. The molecule has 1 aromatic heterocycles. The van der Waals surface area contributed by atoms with Gasteiger partial charge in [0.05, 0.1) is 7.11 Å². The number of ether oxygens (including phenoxy) is 1. The summed E-state index contributed by atoms with van der Waals surface area (Å²) in [5.41, 5.74) is 5.52. The van der Waals surface area contributed by atoms with E-state index in [2.05, 4.69) is 9.97 Å². The van der Waals surface area contributed by atoms with E-state index < -0.39 is 0 Å². The molecule has 0 fully saturated rings. The van der Waals surface area contributed by atoms with Crippen molar-refractivity contribution in [1.82, 2.24) is 9.97 Å². The van der Waals surface area contributed by atoms with Gasteiger partial charge in [0.1, 0.15) is 15.9 Å². The van der Waals surface area contributed by atoms with Crippen LogP contribution in [0.25, 0.3) is 0 Å². The van der Waals surface area contributed by atoms with E-state index in [0.29, 0.717) is 10.2 Å². The average Bonchev–Trinajstić information content (AvgIpc) is 2.28. The van der Waals surface area contributed by atoms with Gasteiger partial charge >= 0.3 is 0 Å². The summed E-state index contributed by atoms with van der Waals surface area (Å²) in [4.78, 5) is 8.92. The lowest BCUT2D eigenvalue weighted by atomic mass is 10.3. The molecular formula is C11H10ClN3OS. The topological polar surface area (TPSA) is 61.0 Å². The zero-order valence-electron chi connectivity index (χ0n) is 9.05. The fourth-order valence-corrected chi connectivity index (χ4v) is 2.31. The molecule has 0 atom stereocenters. The lowest BCUT2D eigenvalue weighted by molar-refractivity contribution is 0.414. The van der Waals surface area contributed by atoms with Crippen LogP contribution >= 0.6 is 23.4 Å². The summed E-state index contributed by atoms with van der Waals surface area (Å²) >= 11 is 7.26. The Bertz CT molecular complexity index is 498. The summed E-state index contributed by atoms with van der Waals surface area (Å²) in [6, 6.07) is 9.32. The van der Waals surface area contributed by atoms with Crippen molar-refractivity contribution in [2.24, 2.45) is 0 Å². The third-order valence-electron chi connectivity index (χ3n) is 1.97. The molecule has 0 amide bonds. The van der Waals surface area contributed by atoms with Gasteiger partial charge in [0.15, 0.2) is 0 Å². The first kappa shape index (κ1) is 12.0. The van der Waals surface area contributed by atoms with Crippen LogP contribution in [0.1, 0.15) is 0 Å². The normalized spacial score (nSPS) is 10.2. The van der Waals surface area contributed by atoms with Crippen molar-refractivity contribution in [2.75, 3.05) is 12.8 Å². The smallest absolute Gasteiger partial charge is 0.222 e. The van der Waals surface area contributed by atoms with Gasteiger partial charge in [-0.3, -0.25) is 0 Å². The maximum Gasteiger partial charge on any atom is 0.222 e. The van der Waals surface area contributed by atoms with Crippen LogP contribution in [0.2, 0.25) is 5.15 Å². The van der Waals surface area contributed by atoms with Crippen molar-refractivity contribution in [1.29, 1.82) is 0 Å². The molecule has 88 valence electrons. The van der Waals surface area contributed by atoms with Gasteiger partial charge < -0.3 is 10.5 Å². The van der Waals surface area contributed by atoms with Crippen LogP contribution in [-0.2, 0) is 0 Å². The molecule has 0 aliphatic carbocycles. The third-order valence-corrected chi connectivity index (χ3v) is 3.09. The number of nitrogens with zero attached hydrogens (tertiary/aromatic N) is 2. The third kappa shape index (κ3) is 3.25. The van der Waals surface area contributed by atoms with E-state index in [1.807, 2.05) is 24.3 Å². The van der Waals surface area contributed by atoms with Crippen LogP contribution in [0, 0.1) is 0 Å². The van der Waals surface area contributed by atoms with Gasteiger partial charge in [0, 0.05) is 11.0 Å². The number of aromatic nitrogens is 2. The zero-order valence-corrected chi connectivity index (χ0v) is 10.6. The standard InChI is InChI=1S/C11H10ClN3OS/c1-16-7-2-4-8(5-3-7)17-10-6-9(12)14-11(13)15-10/h2-6H,1H3,(H2,13,14,15). The van der Waals surface area contributed by atoms with Gasteiger partial charge in [0.2, 0.25) is 5.95 Å². The Kier molecular flexibility index (Phi) is 3.71. The quantitative estimate of drug-likeness (QED) is 0.867. The summed E-state index contributed by atoms with van der Waals surface area (Å²) in [6.45, 7) is 0. The fourth-order valence-electron chi connectivity index (χ4n) is 1.23. The molecule has 0 saturated heterocycles. The second-order valence-electron chi connectivity index (χ2n) is 3.16. The maximum absolute atomic E-state index is 5.80. The van der Waals surface area contributed by atoms with E-state index in [1.54, 1.807) is 13.2 Å². The van der Waals surface area contributed by atoms with Crippen LogP contribution in [0.15, 0.2) is 40.3 Å². The van der Waals surface area contributed by atoms with E-state index in [0.717, 1.165) is 10.6 Å². The summed E-state index contributed by atoms with van der Waals surface area (Å²) in [5, 5.41) is 1.06. The second kappa shape index (κ2) is 5.25. The van der Waals surface area contributed by atoms with Crippen LogP contribution < -0.4 is 10.5 Å². The van der Waals surface area contributed by atoms with E-state index in [1.165, 1.54) is 11.8 Å². The first-order valence-corrected chi connectivity index (χ1v) is 5.99. The lowest BCUT2D eigenvalue weighted by Crippen LogP contribution is -1.95. The summed E-state index contributed by atoms with van der Waals surface area (Å²) in [7, 11) is 1.63. The molecule has 2 aromatic rings. The monoisotopic (exact) mass is 267 g/mol. The Hall–Kier alpha value is -1.46. The van der Waals surface area contributed by atoms with Crippen molar-refractivity contribution >= 4 is 29.3 Å². The summed E-state index contributed by atoms with van der Waals surface area (Å²) in [6.07, 6.45) is 0. The molecule has 1 heterocycles. The van der Waals surface area contributed by atoms with E-state index in [4.69, 9.17) is 22.1 Å². The highest BCUT2D eigenvalue weighted by atomic mass is 35.5. The molecule has 6 heteroatoms. The van der Waals surface area contributed by atoms with Gasteiger partial charge in [-0.2, -0.15) is 0 Å². The number of hydrogen-bond acceptors (Lipinski definition) is 5. The lowest BCUT2D eigenvalue weighted by Gasteiger charge is -2.03. The number of rotatable bonds is 3. The molecular weight excluding hydrogens is 258 g/mol. The van der Waals surface area contributed by atoms with Crippen molar-refractivity contribution in [2.45, 2.75) is 9.92 Å². The molecule has 0 aliphatic rings. The minimum atomic E-state index is 0.175. The van der Waals surface area contributed by atoms with Gasteiger partial charge in [-0.25, -0.2) is 9.97 Å². The first-order chi connectivity index (χ1) is 8.17. The van der Waals surface area contributed by atoms with Crippen molar-refractivity contribution in [3.05, 3.63) is 35.5 Å². The number of benzene rings is 1.